The van der Waals surface area contributed by atoms with Crippen LogP contribution in [0.25, 0.3) is 0 Å². The van der Waals surface area contributed by atoms with Crippen molar-refractivity contribution in [2.45, 2.75) is 135 Å². The second-order valence-corrected chi connectivity index (χ2v) is 17.9. The predicted octanol–water partition coefficient (Wildman–Crippen LogP) is 3.75. The smallest absolute Gasteiger partial charge is 0.308 e. The molecule has 62 heavy (non-hydrogen) atoms. The number of benzene rings is 2. The van der Waals surface area contributed by atoms with Gasteiger partial charge in [0.15, 0.2) is 0 Å². The second-order valence-electron chi connectivity index (χ2n) is 17.9. The van der Waals surface area contributed by atoms with Crippen LogP contribution in [0, 0.1) is 48.3 Å². The van der Waals surface area contributed by atoms with Crippen molar-refractivity contribution in [3.8, 4) is 11.5 Å². The number of ether oxygens (including phenoxy) is 3. The molecule has 0 radical (unpaired) electrons. The summed E-state index contributed by atoms with van der Waals surface area (Å²) in [5.74, 6) is 2.86. The van der Waals surface area contributed by atoms with Crippen LogP contribution >= 0.6 is 0 Å². The summed E-state index contributed by atoms with van der Waals surface area (Å²) in [4.78, 5) is 22.0. The molecule has 8 rings (SSSR count). The number of esters is 1. The van der Waals surface area contributed by atoms with Crippen LogP contribution in [-0.4, -0.2) is 119 Å². The van der Waals surface area contributed by atoms with E-state index in [0.29, 0.717) is 60.4 Å². The first-order valence-electron chi connectivity index (χ1n) is 22.6. The summed E-state index contributed by atoms with van der Waals surface area (Å²) >= 11 is 0. The molecule has 0 spiro atoms. The molecule has 8 unspecified atom stereocenters. The predicted molar refractivity (Wildman–Crippen MR) is 233 cm³/mol. The maximum atomic E-state index is 12.0. The van der Waals surface area contributed by atoms with Gasteiger partial charge in [0.1, 0.15) is 36.8 Å². The third-order valence-corrected chi connectivity index (χ3v) is 13.7. The first-order valence-corrected chi connectivity index (χ1v) is 22.6. The number of fused-ring (bicyclic) bond motifs is 2. The Balaban J connectivity index is 0.000000168. The fraction of sp³-hybridized carbons (Fsp3) is 0.638. The van der Waals surface area contributed by atoms with E-state index in [1.807, 2.05) is 30.9 Å². The summed E-state index contributed by atoms with van der Waals surface area (Å²) in [5, 5.41) is 71.4. The number of carbonyl (C=O) groups is 1. The lowest BCUT2D eigenvalue weighted by atomic mass is 9.73. The molecule has 4 fully saturated rings. The van der Waals surface area contributed by atoms with Gasteiger partial charge in [-0.2, -0.15) is 0 Å². The molecular formula is C47H66N6O9-2. The molecule has 2 saturated carbocycles. The minimum atomic E-state index is -0.771. The monoisotopic (exact) mass is 858 g/mol. The van der Waals surface area contributed by atoms with E-state index in [2.05, 4.69) is 15.3 Å². The van der Waals surface area contributed by atoms with E-state index in [1.165, 1.54) is 51.9 Å². The van der Waals surface area contributed by atoms with Gasteiger partial charge in [0.25, 0.3) is 0 Å². The van der Waals surface area contributed by atoms with Crippen LogP contribution in [0.5, 0.6) is 11.5 Å². The Morgan fingerprint density at radius 1 is 0.839 bits per heavy atom. The summed E-state index contributed by atoms with van der Waals surface area (Å²) in [6.45, 7) is 9.62. The lowest BCUT2D eigenvalue weighted by Crippen LogP contribution is -2.57. The maximum Gasteiger partial charge on any atom is 0.308 e. The number of likely N-dealkylation sites (tertiary alicyclic amines) is 1. The number of phenolic OH excluding ortho intramolecular Hbond substituents is 1. The molecule has 0 bridgehead atoms. The van der Waals surface area contributed by atoms with Crippen LogP contribution < -0.4 is 20.3 Å². The quantitative estimate of drug-likeness (QED) is 0.0871. The number of aliphatic imine (C=N–C) groups is 2. The van der Waals surface area contributed by atoms with Crippen molar-refractivity contribution >= 4 is 29.6 Å². The van der Waals surface area contributed by atoms with Crippen LogP contribution in [0.3, 0.4) is 0 Å². The summed E-state index contributed by atoms with van der Waals surface area (Å²) in [7, 11) is 0. The Kier molecular flexibility index (Phi) is 16.4. The summed E-state index contributed by atoms with van der Waals surface area (Å²) in [5.41, 5.74) is 3.00. The van der Waals surface area contributed by atoms with Gasteiger partial charge in [-0.1, -0.05) is 57.6 Å². The Labute approximate surface area is 365 Å². The third-order valence-electron chi connectivity index (χ3n) is 13.7. The van der Waals surface area contributed by atoms with Crippen LogP contribution in [-0.2, 0) is 14.3 Å². The number of nitrogens with one attached hydrogen (secondary N) is 3. The molecule has 2 aromatic rings. The molecule has 340 valence electrons. The number of aliphatic hydroxyl groups excluding tert-OH is 2. The molecule has 0 amide bonds. The number of piperidine rings is 2. The van der Waals surface area contributed by atoms with Gasteiger partial charge in [0.2, 0.25) is 11.8 Å². The first-order chi connectivity index (χ1) is 29.7. The molecule has 2 aliphatic carbocycles. The highest BCUT2D eigenvalue weighted by Gasteiger charge is 2.39. The Bertz CT molecular complexity index is 1940. The highest BCUT2D eigenvalue weighted by atomic mass is 16.5. The number of phenols is 1. The lowest BCUT2D eigenvalue weighted by molar-refractivity contribution is -0.229. The molecule has 4 heterocycles. The van der Waals surface area contributed by atoms with Crippen LogP contribution in [0.1, 0.15) is 107 Å². The zero-order valence-electron chi connectivity index (χ0n) is 36.7. The molecule has 15 nitrogen and oxygen atoms in total. The number of carbonyl (C=O) groups excluding carboxylic acids is 1. The van der Waals surface area contributed by atoms with Gasteiger partial charge in [0, 0.05) is 54.4 Å². The van der Waals surface area contributed by atoms with Gasteiger partial charge in [-0.15, -0.1) is 0 Å². The van der Waals surface area contributed by atoms with Crippen LogP contribution in [0.15, 0.2) is 46.4 Å². The van der Waals surface area contributed by atoms with Crippen molar-refractivity contribution in [1.82, 2.24) is 10.2 Å². The third kappa shape index (κ3) is 11.7. The number of β-amino-alcohol motifs (C(OH)–C–C–N with tert-alkyl or cyclic N) is 1. The van der Waals surface area contributed by atoms with Crippen molar-refractivity contribution in [2.24, 2.45) is 33.7 Å². The maximum absolute atomic E-state index is 12.0. The zero-order chi connectivity index (χ0) is 44.5. The molecule has 10 atom stereocenters. The van der Waals surface area contributed by atoms with Crippen molar-refractivity contribution in [3.05, 3.63) is 58.7 Å². The molecule has 4 aliphatic heterocycles. The van der Waals surface area contributed by atoms with Gasteiger partial charge in [-0.3, -0.25) is 9.69 Å². The number of hydrogen-bond donors (Lipinski definition) is 6. The van der Waals surface area contributed by atoms with Gasteiger partial charge < -0.3 is 55.9 Å². The summed E-state index contributed by atoms with van der Waals surface area (Å²) in [6.07, 6.45) is 11.0. The number of hydrogen-bond acceptors (Lipinski definition) is 15. The molecule has 0 aromatic heterocycles. The molecule has 6 N–H and O–H groups in total. The number of rotatable bonds is 10. The van der Waals surface area contributed by atoms with Crippen LogP contribution in [0.4, 0.5) is 0 Å². The van der Waals surface area contributed by atoms with E-state index in [-0.39, 0.29) is 30.4 Å². The number of aromatic hydroxyl groups is 1. The molecule has 6 aliphatic rings. The van der Waals surface area contributed by atoms with E-state index in [4.69, 9.17) is 25.0 Å². The fourth-order valence-corrected chi connectivity index (χ4v) is 9.99. The van der Waals surface area contributed by atoms with Crippen LogP contribution in [0.2, 0.25) is 0 Å². The Morgan fingerprint density at radius 3 is 2.00 bits per heavy atom. The van der Waals surface area contributed by atoms with Gasteiger partial charge in [0.05, 0.1) is 12.2 Å². The highest BCUT2D eigenvalue weighted by Crippen LogP contribution is 2.39. The molecule has 15 heteroatoms. The average Bonchev–Trinajstić information content (AvgIpc) is 3.97. The van der Waals surface area contributed by atoms with E-state index in [9.17, 15) is 30.3 Å². The van der Waals surface area contributed by atoms with E-state index >= 15 is 0 Å². The highest BCUT2D eigenvalue weighted by molar-refractivity contribution is 5.98. The van der Waals surface area contributed by atoms with E-state index < -0.39 is 36.1 Å². The average molecular weight is 859 g/mol. The van der Waals surface area contributed by atoms with Gasteiger partial charge >= 0.3 is 5.97 Å². The molecule has 2 aromatic carbocycles. The largest absolute Gasteiger partial charge is 0.861 e. The van der Waals surface area contributed by atoms with Crippen molar-refractivity contribution in [3.63, 3.8) is 0 Å². The van der Waals surface area contributed by atoms with Crippen molar-refractivity contribution in [1.29, 1.82) is 10.8 Å². The summed E-state index contributed by atoms with van der Waals surface area (Å²) in [6, 6.07) is 9.34. The van der Waals surface area contributed by atoms with Gasteiger partial charge in [-0.05, 0) is 112 Å². The molecular weight excluding hydrogens is 793 g/mol. The topological polar surface area (TPSA) is 239 Å². The second kappa shape index (κ2) is 21.7. The molecule has 2 saturated heterocycles. The van der Waals surface area contributed by atoms with E-state index in [1.54, 1.807) is 31.2 Å². The standard InChI is InChI=1S/C22H31N3O4.C15H19NO4.C10H18N2O/c1-13-16(7-4-8-19(13)26)22-24-17(12-29-22)20(27)11-25-10-15-6-3-2-5-14(15)9-18(25)21(23)28;1-4-13(18)12-8-19-15(16-12)11-6-5-7-14(9(11)2)20-10(3)17;11-10(13)9-5-7-3-1-2-4-8(7)6-12-9/h4,7-8,14-15,17-18,20,26-27H,2-3,5-6,9-12H2,1H3,(H2,23,28);5-7,12-13,18H,4,8H2,1-3H3;7-9,12H,1-6H2,(H2,11,13)/p-2/t14?,15?,17-,18?,20?;12-,13?;/m00./s1. The first kappa shape index (κ1) is 46.9. The summed E-state index contributed by atoms with van der Waals surface area (Å²) < 4.78 is 16.4. The van der Waals surface area contributed by atoms with Gasteiger partial charge in [-0.25, -0.2) is 9.98 Å². The number of aliphatic hydroxyl groups is 2. The lowest BCUT2D eigenvalue weighted by Gasteiger charge is -2.48. The van der Waals surface area contributed by atoms with Crippen molar-refractivity contribution < 1.29 is 44.5 Å². The zero-order valence-corrected chi connectivity index (χ0v) is 36.7. The van der Waals surface area contributed by atoms with Crippen molar-refractivity contribution in [2.75, 3.05) is 32.8 Å². The number of nitrogens with zero attached hydrogens (tertiary/aromatic N) is 3. The fourth-order valence-electron chi connectivity index (χ4n) is 9.99. The minimum Gasteiger partial charge on any atom is -0.861 e. The Morgan fingerprint density at radius 2 is 1.40 bits per heavy atom. The van der Waals surface area contributed by atoms with E-state index in [0.717, 1.165) is 55.0 Å². The SMILES string of the molecule is CCC(O)[C@@H]1COC(c2cccc(OC(C)=O)c2C)=N1.Cc1c(O)cccc1C1=N[C@H](C(O)CN2CC3CCCCC3CC2C(=N)[O-])CO1.N=C([O-])C1CC2CCCCC2CN1. The Hall–Kier alpha value is -4.57. The normalized spacial score (nSPS) is 28.9. The minimum absolute atomic E-state index is 0.167.